The minimum absolute atomic E-state index is 0. The van der Waals surface area contributed by atoms with Gasteiger partial charge in [-0.05, 0) is 67.5 Å². The van der Waals surface area contributed by atoms with Crippen LogP contribution in [0.1, 0.15) is 46.3 Å². The highest BCUT2D eigenvalue weighted by Crippen LogP contribution is 2.19. The van der Waals surface area contributed by atoms with Gasteiger partial charge in [-0.3, -0.25) is 9.79 Å². The largest absolute Gasteiger partial charge is 0.361 e. The average Bonchev–Trinajstić information content (AvgIpc) is 3.23. The highest BCUT2D eigenvalue weighted by atomic mass is 127. The van der Waals surface area contributed by atoms with E-state index in [4.69, 9.17) is 0 Å². The third kappa shape index (κ3) is 6.50. The van der Waals surface area contributed by atoms with E-state index in [-0.39, 0.29) is 29.9 Å². The molecule has 3 N–H and O–H groups in total. The number of amides is 1. The molecule has 1 saturated heterocycles. The highest BCUT2D eigenvalue weighted by Gasteiger charge is 2.17. The average molecular weight is 559 g/mol. The number of aromatic amines is 1. The van der Waals surface area contributed by atoms with E-state index in [1.54, 1.807) is 7.05 Å². The van der Waals surface area contributed by atoms with Gasteiger partial charge in [0.2, 0.25) is 0 Å². The maximum absolute atomic E-state index is 12.6. The van der Waals surface area contributed by atoms with Gasteiger partial charge in [-0.1, -0.05) is 24.3 Å². The maximum atomic E-state index is 12.6. The van der Waals surface area contributed by atoms with Gasteiger partial charge in [0.05, 0.1) is 0 Å². The molecule has 6 nitrogen and oxygen atoms in total. The van der Waals surface area contributed by atoms with Crippen molar-refractivity contribution in [3.8, 4) is 0 Å². The molecule has 0 atom stereocenters. The second-order valence-corrected chi connectivity index (χ2v) is 8.52. The molecule has 176 valence electrons. The highest BCUT2D eigenvalue weighted by molar-refractivity contribution is 14.0. The van der Waals surface area contributed by atoms with E-state index in [2.05, 4.69) is 51.9 Å². The summed E-state index contributed by atoms with van der Waals surface area (Å²) in [6.07, 6.45) is 6.46. The van der Waals surface area contributed by atoms with Crippen LogP contribution in [0.25, 0.3) is 10.9 Å². The molecular formula is C26H34IN5O. The van der Waals surface area contributed by atoms with Gasteiger partial charge in [-0.2, -0.15) is 0 Å². The van der Waals surface area contributed by atoms with E-state index < -0.39 is 0 Å². The number of H-pyrrole nitrogens is 1. The van der Waals surface area contributed by atoms with E-state index in [0.717, 1.165) is 56.0 Å². The fraction of sp³-hybridized carbons (Fsp3) is 0.385. The van der Waals surface area contributed by atoms with Gasteiger partial charge in [0, 0.05) is 55.9 Å². The summed E-state index contributed by atoms with van der Waals surface area (Å²) in [7, 11) is 1.78. The van der Waals surface area contributed by atoms with Crippen molar-refractivity contribution in [2.75, 3.05) is 26.7 Å². The molecule has 7 heteroatoms. The van der Waals surface area contributed by atoms with E-state index in [0.29, 0.717) is 6.54 Å². The Hall–Kier alpha value is -2.55. The number of nitrogens with one attached hydrogen (secondary N) is 3. The predicted molar refractivity (Wildman–Crippen MR) is 147 cm³/mol. The first-order chi connectivity index (χ1) is 15.6. The number of rotatable bonds is 6. The number of piperidine rings is 1. The van der Waals surface area contributed by atoms with Crippen LogP contribution in [0.3, 0.4) is 0 Å². The van der Waals surface area contributed by atoms with Crippen LogP contribution in [0, 0.1) is 6.92 Å². The number of hydrogen-bond donors (Lipinski definition) is 3. The molecule has 0 saturated carbocycles. The second kappa shape index (κ2) is 12.1. The summed E-state index contributed by atoms with van der Waals surface area (Å²) < 4.78 is 0. The maximum Gasteiger partial charge on any atom is 0.253 e. The smallest absolute Gasteiger partial charge is 0.253 e. The Balaban J connectivity index is 0.00000306. The molecular weight excluding hydrogens is 525 g/mol. The Morgan fingerprint density at radius 1 is 1.06 bits per heavy atom. The molecule has 2 heterocycles. The molecule has 0 unspecified atom stereocenters. The first-order valence-electron chi connectivity index (χ1n) is 11.5. The van der Waals surface area contributed by atoms with Crippen molar-refractivity contribution in [1.82, 2.24) is 20.5 Å². The summed E-state index contributed by atoms with van der Waals surface area (Å²) in [6, 6.07) is 14.4. The van der Waals surface area contributed by atoms with Crippen LogP contribution in [0.5, 0.6) is 0 Å². The molecule has 1 aliphatic rings. The Bertz CT molecular complexity index is 1080. The summed E-state index contributed by atoms with van der Waals surface area (Å²) in [5.74, 6) is 0.920. The lowest BCUT2D eigenvalue weighted by Gasteiger charge is -2.26. The summed E-state index contributed by atoms with van der Waals surface area (Å²) in [5, 5.41) is 8.03. The molecule has 0 bridgehead atoms. The quantitative estimate of drug-likeness (QED) is 0.234. The first-order valence-corrected chi connectivity index (χ1v) is 11.5. The summed E-state index contributed by atoms with van der Waals surface area (Å²) >= 11 is 0. The third-order valence-electron chi connectivity index (χ3n) is 6.14. The Morgan fingerprint density at radius 3 is 2.55 bits per heavy atom. The summed E-state index contributed by atoms with van der Waals surface area (Å²) in [6.45, 7) is 5.32. The number of benzene rings is 2. The summed E-state index contributed by atoms with van der Waals surface area (Å²) in [4.78, 5) is 22.3. The van der Waals surface area contributed by atoms with Crippen LogP contribution in [0.4, 0.5) is 0 Å². The molecule has 3 aromatic rings. The van der Waals surface area contributed by atoms with Crippen molar-refractivity contribution in [3.63, 3.8) is 0 Å². The minimum atomic E-state index is 0. The molecule has 2 aromatic carbocycles. The molecule has 33 heavy (non-hydrogen) atoms. The van der Waals surface area contributed by atoms with Crippen LogP contribution in [-0.2, 0) is 13.0 Å². The van der Waals surface area contributed by atoms with Gasteiger partial charge < -0.3 is 20.5 Å². The molecule has 1 aliphatic heterocycles. The van der Waals surface area contributed by atoms with Crippen LogP contribution < -0.4 is 10.6 Å². The minimum Gasteiger partial charge on any atom is -0.361 e. The lowest BCUT2D eigenvalue weighted by atomic mass is 10.1. The molecule has 0 radical (unpaired) electrons. The summed E-state index contributed by atoms with van der Waals surface area (Å²) in [5.41, 5.74) is 5.64. The molecule has 1 aromatic heterocycles. The zero-order valence-corrected chi connectivity index (χ0v) is 21.8. The standard InChI is InChI=1S/C26H33N5O.HI/c1-19-6-11-23-22(18-29-24(23)16-19)12-13-28-26(27-2)30-17-20-7-9-21(10-8-20)25(32)31-14-4-3-5-15-31;/h6-11,16,18,29H,3-5,12-15,17H2,1-2H3,(H2,27,28,30);1H. The lowest BCUT2D eigenvalue weighted by molar-refractivity contribution is 0.0724. The number of likely N-dealkylation sites (tertiary alicyclic amines) is 1. The molecule has 0 aliphatic carbocycles. The van der Waals surface area contributed by atoms with Gasteiger partial charge in [0.25, 0.3) is 5.91 Å². The Kier molecular flexibility index (Phi) is 9.17. The second-order valence-electron chi connectivity index (χ2n) is 8.52. The van der Waals surface area contributed by atoms with Gasteiger partial charge in [0.1, 0.15) is 0 Å². The van der Waals surface area contributed by atoms with Crippen molar-refractivity contribution in [3.05, 3.63) is 70.9 Å². The number of fused-ring (bicyclic) bond motifs is 1. The molecule has 4 rings (SSSR count). The number of hydrogen-bond acceptors (Lipinski definition) is 2. The molecule has 0 spiro atoms. The third-order valence-corrected chi connectivity index (χ3v) is 6.14. The molecule has 1 fully saturated rings. The number of halogens is 1. The van der Waals surface area contributed by atoms with Crippen molar-refractivity contribution in [2.24, 2.45) is 4.99 Å². The van der Waals surface area contributed by atoms with Gasteiger partial charge in [-0.25, -0.2) is 0 Å². The number of carbonyl (C=O) groups is 1. The van der Waals surface area contributed by atoms with Crippen LogP contribution in [0.2, 0.25) is 0 Å². The van der Waals surface area contributed by atoms with Gasteiger partial charge in [0.15, 0.2) is 5.96 Å². The number of nitrogens with zero attached hydrogens (tertiary/aromatic N) is 2. The van der Waals surface area contributed by atoms with E-state index >= 15 is 0 Å². The Morgan fingerprint density at radius 2 is 1.82 bits per heavy atom. The van der Waals surface area contributed by atoms with Crippen LogP contribution in [0.15, 0.2) is 53.7 Å². The lowest BCUT2D eigenvalue weighted by Crippen LogP contribution is -2.37. The van der Waals surface area contributed by atoms with Gasteiger partial charge >= 0.3 is 0 Å². The monoisotopic (exact) mass is 559 g/mol. The number of aryl methyl sites for hydroxylation is 1. The van der Waals surface area contributed by atoms with Crippen molar-refractivity contribution < 1.29 is 4.79 Å². The molecule has 1 amide bonds. The number of aliphatic imine (C=N–C) groups is 1. The Labute approximate surface area is 213 Å². The predicted octanol–water partition coefficient (Wildman–Crippen LogP) is 4.63. The topological polar surface area (TPSA) is 72.5 Å². The number of guanidine groups is 1. The zero-order chi connectivity index (χ0) is 22.3. The SMILES string of the molecule is CN=C(NCCc1c[nH]c2cc(C)ccc12)NCc1ccc(C(=O)N2CCCCC2)cc1.I. The number of aromatic nitrogens is 1. The zero-order valence-electron chi connectivity index (χ0n) is 19.5. The van der Waals surface area contributed by atoms with Crippen LogP contribution >= 0.6 is 24.0 Å². The van der Waals surface area contributed by atoms with E-state index in [1.165, 1.54) is 28.5 Å². The fourth-order valence-corrected chi connectivity index (χ4v) is 4.27. The van der Waals surface area contributed by atoms with Crippen molar-refractivity contribution in [1.29, 1.82) is 0 Å². The van der Waals surface area contributed by atoms with E-state index in [9.17, 15) is 4.79 Å². The first kappa shape index (κ1) is 25.1. The van der Waals surface area contributed by atoms with Crippen LogP contribution in [-0.4, -0.2) is 48.4 Å². The fourth-order valence-electron chi connectivity index (χ4n) is 4.27. The van der Waals surface area contributed by atoms with Gasteiger partial charge in [-0.15, -0.1) is 24.0 Å². The van der Waals surface area contributed by atoms with Crippen molar-refractivity contribution >= 4 is 46.7 Å². The normalized spacial score (nSPS) is 14.1. The van der Waals surface area contributed by atoms with E-state index in [1.807, 2.05) is 29.2 Å². The van der Waals surface area contributed by atoms with Crippen molar-refractivity contribution in [2.45, 2.75) is 39.2 Å². The number of carbonyl (C=O) groups excluding carboxylic acids is 1.